The van der Waals surface area contributed by atoms with Crippen molar-refractivity contribution >= 4 is 12.8 Å². The van der Waals surface area contributed by atoms with Crippen molar-refractivity contribution in [2.45, 2.75) is 12.8 Å². The van der Waals surface area contributed by atoms with Crippen LogP contribution in [0.5, 0.6) is 0 Å². The highest BCUT2D eigenvalue weighted by Gasteiger charge is 2.38. The molecule has 0 aromatic carbocycles. The lowest BCUT2D eigenvalue weighted by atomic mass is 9.74. The van der Waals surface area contributed by atoms with Gasteiger partial charge in [0.25, 0.3) is 0 Å². The predicted octanol–water partition coefficient (Wildman–Crippen LogP) is 0.517. The van der Waals surface area contributed by atoms with E-state index < -0.39 is 0 Å². The molecule has 2 rings (SSSR count). The Balaban J connectivity index is 1.90. The van der Waals surface area contributed by atoms with Crippen molar-refractivity contribution in [3.8, 4) is 0 Å². The summed E-state index contributed by atoms with van der Waals surface area (Å²) in [6, 6.07) is 0. The molecule has 0 radical (unpaired) electrons. The Morgan fingerprint density at radius 2 is 1.80 bits per heavy atom. The van der Waals surface area contributed by atoms with Crippen LogP contribution in [0.2, 0.25) is 0 Å². The monoisotopic (exact) mass is 158 g/mol. The van der Waals surface area contributed by atoms with Crippen molar-refractivity contribution in [2.24, 2.45) is 5.41 Å². The van der Waals surface area contributed by atoms with E-state index in [4.69, 9.17) is 0 Å². The molecular formula is C7H14N2S. The van der Waals surface area contributed by atoms with Gasteiger partial charge < -0.3 is 5.32 Å². The van der Waals surface area contributed by atoms with Crippen LogP contribution in [0.25, 0.3) is 0 Å². The minimum Gasteiger partial charge on any atom is -0.316 e. The quantitative estimate of drug-likeness (QED) is 0.500. The van der Waals surface area contributed by atoms with Gasteiger partial charge in [-0.15, -0.1) is 0 Å². The van der Waals surface area contributed by atoms with E-state index in [1.54, 1.807) is 0 Å². The summed E-state index contributed by atoms with van der Waals surface area (Å²) in [5.41, 5.74) is 0.680. The second-order valence-electron chi connectivity index (χ2n) is 3.56. The zero-order valence-electron chi connectivity index (χ0n) is 6.14. The average molecular weight is 158 g/mol. The summed E-state index contributed by atoms with van der Waals surface area (Å²) in [6.07, 6.45) is 2.67. The molecule has 10 heavy (non-hydrogen) atoms. The highest BCUT2D eigenvalue weighted by atomic mass is 32.1. The van der Waals surface area contributed by atoms with Crippen LogP contribution >= 0.6 is 12.8 Å². The Labute approximate surface area is 67.5 Å². The number of nitrogens with zero attached hydrogens (tertiary/aromatic N) is 1. The van der Waals surface area contributed by atoms with Gasteiger partial charge in [-0.25, -0.2) is 0 Å². The van der Waals surface area contributed by atoms with Gasteiger partial charge in [0.1, 0.15) is 0 Å². The Hall–Kier alpha value is 0.270. The normalized spacial score (nSPS) is 32.1. The van der Waals surface area contributed by atoms with Gasteiger partial charge in [0.2, 0.25) is 0 Å². The summed E-state index contributed by atoms with van der Waals surface area (Å²) >= 11 is 4.32. The van der Waals surface area contributed by atoms with Crippen LogP contribution in [0.4, 0.5) is 0 Å². The third-order valence-electron chi connectivity index (χ3n) is 2.80. The topological polar surface area (TPSA) is 15.3 Å². The number of hydrogen-bond donors (Lipinski definition) is 2. The number of hydrogen-bond acceptors (Lipinski definition) is 3. The average Bonchev–Trinajstić information content (AvgIpc) is 1.86. The van der Waals surface area contributed by atoms with E-state index in [-0.39, 0.29) is 0 Å². The third-order valence-corrected chi connectivity index (χ3v) is 3.20. The SMILES string of the molecule is SN1CCC2(CC1)CNC2. The van der Waals surface area contributed by atoms with Gasteiger partial charge in [0.15, 0.2) is 0 Å². The van der Waals surface area contributed by atoms with Crippen LogP contribution in [0.15, 0.2) is 0 Å². The number of thiol groups is 1. The molecule has 2 nitrogen and oxygen atoms in total. The first-order chi connectivity index (χ1) is 4.81. The van der Waals surface area contributed by atoms with E-state index >= 15 is 0 Å². The van der Waals surface area contributed by atoms with Crippen LogP contribution in [0.3, 0.4) is 0 Å². The summed E-state index contributed by atoms with van der Waals surface area (Å²) in [4.78, 5) is 0. The molecule has 2 heterocycles. The predicted molar refractivity (Wildman–Crippen MR) is 45.1 cm³/mol. The van der Waals surface area contributed by atoms with E-state index in [9.17, 15) is 0 Å². The zero-order chi connectivity index (χ0) is 7.03. The lowest BCUT2D eigenvalue weighted by Crippen LogP contribution is -2.57. The number of piperidine rings is 1. The van der Waals surface area contributed by atoms with Crippen molar-refractivity contribution in [1.29, 1.82) is 0 Å². The smallest absolute Gasteiger partial charge is 0.00932 e. The molecule has 0 unspecified atom stereocenters. The van der Waals surface area contributed by atoms with Crippen molar-refractivity contribution in [3.05, 3.63) is 0 Å². The second kappa shape index (κ2) is 2.40. The summed E-state index contributed by atoms with van der Waals surface area (Å²) in [5, 5.41) is 3.34. The minimum atomic E-state index is 0.680. The van der Waals surface area contributed by atoms with Gasteiger partial charge in [-0.1, -0.05) is 12.8 Å². The molecule has 3 heteroatoms. The van der Waals surface area contributed by atoms with Crippen LogP contribution in [-0.4, -0.2) is 30.5 Å². The molecule has 2 fully saturated rings. The lowest BCUT2D eigenvalue weighted by molar-refractivity contribution is 0.0914. The maximum Gasteiger partial charge on any atom is 0.00932 e. The van der Waals surface area contributed by atoms with Crippen molar-refractivity contribution < 1.29 is 0 Å². The maximum absolute atomic E-state index is 4.32. The van der Waals surface area contributed by atoms with E-state index in [2.05, 4.69) is 22.4 Å². The first-order valence-electron chi connectivity index (χ1n) is 3.95. The number of nitrogens with one attached hydrogen (secondary N) is 1. The fraction of sp³-hybridized carbons (Fsp3) is 1.00. The Kier molecular flexibility index (Phi) is 1.66. The maximum atomic E-state index is 4.32. The van der Waals surface area contributed by atoms with Gasteiger partial charge in [-0.05, 0) is 18.3 Å². The Morgan fingerprint density at radius 3 is 2.20 bits per heavy atom. The molecule has 0 aliphatic carbocycles. The first-order valence-corrected chi connectivity index (χ1v) is 4.35. The van der Waals surface area contributed by atoms with Crippen LogP contribution in [-0.2, 0) is 0 Å². The lowest BCUT2D eigenvalue weighted by Gasteiger charge is -2.47. The van der Waals surface area contributed by atoms with Crippen molar-refractivity contribution in [2.75, 3.05) is 26.2 Å². The second-order valence-corrected chi connectivity index (χ2v) is 4.12. The standard InChI is InChI=1S/C7H14N2S/c10-9-3-1-7(2-4-9)5-8-6-7/h8,10H,1-6H2. The molecule has 1 N–H and O–H groups in total. The van der Waals surface area contributed by atoms with Gasteiger partial charge in [0, 0.05) is 26.2 Å². The third kappa shape index (κ3) is 1.06. The van der Waals surface area contributed by atoms with Gasteiger partial charge in [0.05, 0.1) is 0 Å². The number of rotatable bonds is 0. The Morgan fingerprint density at radius 1 is 1.20 bits per heavy atom. The largest absolute Gasteiger partial charge is 0.316 e. The summed E-state index contributed by atoms with van der Waals surface area (Å²) in [7, 11) is 0. The van der Waals surface area contributed by atoms with Crippen molar-refractivity contribution in [3.63, 3.8) is 0 Å². The van der Waals surface area contributed by atoms with Crippen LogP contribution in [0.1, 0.15) is 12.8 Å². The molecule has 0 amide bonds. The zero-order valence-corrected chi connectivity index (χ0v) is 7.03. The van der Waals surface area contributed by atoms with Crippen LogP contribution in [0, 0.1) is 5.41 Å². The Bertz CT molecular complexity index is 124. The molecule has 2 aliphatic rings. The molecule has 1 spiro atoms. The van der Waals surface area contributed by atoms with Gasteiger partial charge in [-0.3, -0.25) is 4.31 Å². The molecular weight excluding hydrogens is 144 g/mol. The first kappa shape index (κ1) is 6.95. The molecule has 2 aliphatic heterocycles. The summed E-state index contributed by atoms with van der Waals surface area (Å²) < 4.78 is 2.13. The highest BCUT2D eigenvalue weighted by Crippen LogP contribution is 2.35. The van der Waals surface area contributed by atoms with E-state index in [1.165, 1.54) is 39.0 Å². The molecule has 0 aromatic rings. The molecule has 0 atom stereocenters. The summed E-state index contributed by atoms with van der Waals surface area (Å²) in [5.74, 6) is 0. The van der Waals surface area contributed by atoms with E-state index in [1.807, 2.05) is 0 Å². The fourth-order valence-corrected chi connectivity index (χ4v) is 2.00. The minimum absolute atomic E-state index is 0.680. The summed E-state index contributed by atoms with van der Waals surface area (Å²) in [6.45, 7) is 4.83. The van der Waals surface area contributed by atoms with Gasteiger partial charge in [-0.2, -0.15) is 0 Å². The van der Waals surface area contributed by atoms with E-state index in [0.29, 0.717) is 5.41 Å². The molecule has 0 bridgehead atoms. The molecule has 0 aromatic heterocycles. The molecule has 0 saturated carbocycles. The molecule has 2 saturated heterocycles. The highest BCUT2D eigenvalue weighted by molar-refractivity contribution is 7.77. The van der Waals surface area contributed by atoms with Crippen LogP contribution < -0.4 is 5.32 Å². The molecule has 58 valence electrons. The van der Waals surface area contributed by atoms with Gasteiger partial charge >= 0.3 is 0 Å². The fourth-order valence-electron chi connectivity index (χ4n) is 1.80. The van der Waals surface area contributed by atoms with Crippen molar-refractivity contribution in [1.82, 2.24) is 9.62 Å². The van der Waals surface area contributed by atoms with E-state index in [0.717, 1.165) is 0 Å².